The Balaban J connectivity index is 1.34. The van der Waals surface area contributed by atoms with Gasteiger partial charge in [0, 0.05) is 18.0 Å². The number of piperidine rings is 1. The molecule has 2 N–H and O–H groups in total. The van der Waals surface area contributed by atoms with E-state index in [-0.39, 0.29) is 10.8 Å². The van der Waals surface area contributed by atoms with Gasteiger partial charge < -0.3 is 10.2 Å². The Kier molecular flexibility index (Phi) is 6.33. The summed E-state index contributed by atoms with van der Waals surface area (Å²) in [6.07, 6.45) is 5.87. The van der Waals surface area contributed by atoms with E-state index in [1.54, 1.807) is 17.0 Å². The second-order valence-corrected chi connectivity index (χ2v) is 12.2. The lowest BCUT2D eigenvalue weighted by Crippen LogP contribution is -2.47. The number of nitrogens with zero attached hydrogens (tertiary/aromatic N) is 1. The van der Waals surface area contributed by atoms with Crippen molar-refractivity contribution in [2.24, 2.45) is 5.92 Å². The van der Waals surface area contributed by atoms with Gasteiger partial charge in [0.2, 0.25) is 11.8 Å². The molecule has 0 spiro atoms. The number of hydrogen-bond donors (Lipinski definition) is 2. The zero-order valence-electron chi connectivity index (χ0n) is 19.2. The third-order valence-electron chi connectivity index (χ3n) is 6.96. The van der Waals surface area contributed by atoms with Gasteiger partial charge in [-0.1, -0.05) is 19.1 Å². The van der Waals surface area contributed by atoms with Crippen molar-refractivity contribution in [2.45, 2.75) is 60.5 Å². The number of benzene rings is 2. The minimum absolute atomic E-state index is 0.0790. The molecule has 3 aliphatic rings. The molecule has 1 atom stereocenters. The Morgan fingerprint density at radius 2 is 1.88 bits per heavy atom. The van der Waals surface area contributed by atoms with E-state index in [2.05, 4.69) is 23.0 Å². The van der Waals surface area contributed by atoms with Crippen LogP contribution in [0.2, 0.25) is 0 Å². The van der Waals surface area contributed by atoms with Crippen LogP contribution in [-0.4, -0.2) is 43.5 Å². The number of anilines is 2. The summed E-state index contributed by atoms with van der Waals surface area (Å²) in [5.41, 5.74) is 3.30. The molecule has 180 valence electrons. The molecular formula is C25H29N3O4S2. The summed E-state index contributed by atoms with van der Waals surface area (Å²) < 4.78 is 29.1. The topological polar surface area (TPSA) is 95.6 Å². The van der Waals surface area contributed by atoms with Gasteiger partial charge in [0.05, 0.1) is 16.3 Å². The predicted molar refractivity (Wildman–Crippen MR) is 134 cm³/mol. The molecule has 5 rings (SSSR count). The number of aryl methyl sites for hydroxylation is 1. The Morgan fingerprint density at radius 1 is 1.12 bits per heavy atom. The highest BCUT2D eigenvalue weighted by Crippen LogP contribution is 2.38. The smallest absolute Gasteiger partial charge is 0.261 e. The van der Waals surface area contributed by atoms with Crippen LogP contribution < -0.4 is 10.0 Å². The predicted octanol–water partition coefficient (Wildman–Crippen LogP) is 4.04. The lowest BCUT2D eigenvalue weighted by molar-refractivity contribution is -0.135. The van der Waals surface area contributed by atoms with E-state index < -0.39 is 21.2 Å². The number of carbonyl (C=O) groups is 2. The van der Waals surface area contributed by atoms with Gasteiger partial charge in [0.1, 0.15) is 0 Å². The van der Waals surface area contributed by atoms with Gasteiger partial charge in [-0.15, -0.1) is 11.8 Å². The van der Waals surface area contributed by atoms with Crippen LogP contribution in [0.3, 0.4) is 0 Å². The molecule has 9 heteroatoms. The molecule has 2 heterocycles. The molecule has 0 bridgehead atoms. The summed E-state index contributed by atoms with van der Waals surface area (Å²) in [7, 11) is -3.84. The first-order chi connectivity index (χ1) is 16.3. The Hall–Kier alpha value is -2.52. The molecule has 2 aromatic rings. The maximum Gasteiger partial charge on any atom is 0.261 e. The van der Waals surface area contributed by atoms with Crippen molar-refractivity contribution in [3.8, 4) is 0 Å². The van der Waals surface area contributed by atoms with Crippen molar-refractivity contribution in [1.29, 1.82) is 0 Å². The third kappa shape index (κ3) is 4.55. The fourth-order valence-electron chi connectivity index (χ4n) is 4.89. The van der Waals surface area contributed by atoms with Gasteiger partial charge in [-0.2, -0.15) is 0 Å². The fraction of sp³-hybridized carbons (Fsp3) is 0.440. The number of thioether (sulfide) groups is 1. The molecule has 1 saturated heterocycles. The van der Waals surface area contributed by atoms with Crippen LogP contribution in [0, 0.1) is 5.92 Å². The number of nitrogens with one attached hydrogen (secondary N) is 2. The van der Waals surface area contributed by atoms with Crippen molar-refractivity contribution >= 4 is 45.0 Å². The van der Waals surface area contributed by atoms with Gasteiger partial charge >= 0.3 is 0 Å². The molecule has 7 nitrogen and oxygen atoms in total. The summed E-state index contributed by atoms with van der Waals surface area (Å²) in [4.78, 5) is 28.3. The third-order valence-corrected chi connectivity index (χ3v) is 9.59. The summed E-state index contributed by atoms with van der Waals surface area (Å²) in [5.74, 6) is 0.0148. The van der Waals surface area contributed by atoms with Crippen molar-refractivity contribution < 1.29 is 18.0 Å². The van der Waals surface area contributed by atoms with E-state index in [1.165, 1.54) is 29.5 Å². The number of rotatable bonds is 4. The van der Waals surface area contributed by atoms with E-state index in [0.717, 1.165) is 44.1 Å². The summed E-state index contributed by atoms with van der Waals surface area (Å²) in [6, 6.07) is 10.4. The van der Waals surface area contributed by atoms with Crippen LogP contribution in [0.5, 0.6) is 0 Å². The minimum Gasteiger partial charge on any atom is -0.341 e. The Morgan fingerprint density at radius 3 is 2.68 bits per heavy atom. The van der Waals surface area contributed by atoms with Crippen LogP contribution in [0.4, 0.5) is 11.4 Å². The number of likely N-dealkylation sites (tertiary alicyclic amines) is 1. The van der Waals surface area contributed by atoms with Gasteiger partial charge in [0.25, 0.3) is 10.0 Å². The maximum absolute atomic E-state index is 13.2. The molecule has 2 amide bonds. The molecule has 34 heavy (non-hydrogen) atoms. The van der Waals surface area contributed by atoms with E-state index in [9.17, 15) is 18.0 Å². The first-order valence-corrected chi connectivity index (χ1v) is 14.2. The van der Waals surface area contributed by atoms with Crippen molar-refractivity contribution in [3.63, 3.8) is 0 Å². The zero-order chi connectivity index (χ0) is 23.9. The molecule has 1 unspecified atom stereocenters. The van der Waals surface area contributed by atoms with Crippen LogP contribution in [0.15, 0.2) is 46.2 Å². The minimum atomic E-state index is -3.84. The molecule has 2 aromatic carbocycles. The highest BCUT2D eigenvalue weighted by atomic mass is 32.2. The van der Waals surface area contributed by atoms with Crippen LogP contribution in [0.1, 0.15) is 43.7 Å². The number of amides is 2. The normalized spacial score (nSPS) is 20.8. The average Bonchev–Trinajstić information content (AvgIpc) is 2.83. The summed E-state index contributed by atoms with van der Waals surface area (Å²) >= 11 is 1.19. The monoisotopic (exact) mass is 499 g/mol. The summed E-state index contributed by atoms with van der Waals surface area (Å²) in [6.45, 7) is 3.51. The van der Waals surface area contributed by atoms with Gasteiger partial charge in [0.15, 0.2) is 5.25 Å². The number of fused-ring (bicyclic) bond motifs is 2. The standard InChI is InChI=1S/C25H29N3O4S2/c1-16-11-13-28(14-12-16)25(30)23-24(29)26-21-15-18(9-10-22(21)33-23)34(31,32)27-20-8-4-6-17-5-2-3-7-19(17)20/h4,6,8-10,15-16,23,27H,2-3,5,7,11-14H2,1H3,(H,26,29). The summed E-state index contributed by atoms with van der Waals surface area (Å²) in [5, 5.41) is 1.92. The second kappa shape index (κ2) is 9.26. The quantitative estimate of drug-likeness (QED) is 0.619. The van der Waals surface area contributed by atoms with Gasteiger partial charge in [-0.3, -0.25) is 14.3 Å². The second-order valence-electron chi connectivity index (χ2n) is 9.41. The fourth-order valence-corrected chi connectivity index (χ4v) is 7.07. The van der Waals surface area contributed by atoms with Crippen LogP contribution in [0.25, 0.3) is 0 Å². The van der Waals surface area contributed by atoms with Crippen molar-refractivity contribution in [2.75, 3.05) is 23.1 Å². The first-order valence-electron chi connectivity index (χ1n) is 11.9. The molecule has 0 radical (unpaired) electrons. The van der Waals surface area contributed by atoms with Gasteiger partial charge in [-0.05, 0) is 79.8 Å². The highest BCUT2D eigenvalue weighted by molar-refractivity contribution is 8.01. The average molecular weight is 500 g/mol. The molecule has 0 aromatic heterocycles. The van der Waals surface area contributed by atoms with Crippen molar-refractivity contribution in [1.82, 2.24) is 4.90 Å². The molecule has 2 aliphatic heterocycles. The van der Waals surface area contributed by atoms with Crippen LogP contribution >= 0.6 is 11.8 Å². The Bertz CT molecular complexity index is 1240. The van der Waals surface area contributed by atoms with Gasteiger partial charge in [-0.25, -0.2) is 8.42 Å². The van der Waals surface area contributed by atoms with E-state index >= 15 is 0 Å². The molecule has 0 saturated carbocycles. The van der Waals surface area contributed by atoms with Crippen LogP contribution in [-0.2, 0) is 32.5 Å². The van der Waals surface area contributed by atoms with E-state index in [1.807, 2.05) is 6.07 Å². The SMILES string of the molecule is CC1CCN(C(=O)C2Sc3ccc(S(=O)(=O)Nc4cccc5c4CCCC5)cc3NC2=O)CC1. The largest absolute Gasteiger partial charge is 0.341 e. The first kappa shape index (κ1) is 23.2. The van der Waals surface area contributed by atoms with E-state index in [0.29, 0.717) is 35.3 Å². The molecular weight excluding hydrogens is 470 g/mol. The molecule has 1 aliphatic carbocycles. The molecule has 1 fully saturated rings. The number of hydrogen-bond acceptors (Lipinski definition) is 5. The highest BCUT2D eigenvalue weighted by Gasteiger charge is 2.37. The number of sulfonamides is 1. The zero-order valence-corrected chi connectivity index (χ0v) is 20.8. The lowest BCUT2D eigenvalue weighted by Gasteiger charge is -2.33. The van der Waals surface area contributed by atoms with E-state index in [4.69, 9.17) is 0 Å². The maximum atomic E-state index is 13.2. The van der Waals surface area contributed by atoms with Crippen molar-refractivity contribution in [3.05, 3.63) is 47.5 Å². The Labute approximate surface area is 204 Å². The lowest BCUT2D eigenvalue weighted by atomic mass is 9.91. The number of carbonyl (C=O) groups excluding carboxylic acids is 2.